The Morgan fingerprint density at radius 1 is 1.26 bits per heavy atom. The van der Waals surface area contributed by atoms with Crippen molar-refractivity contribution in [3.63, 3.8) is 0 Å². The van der Waals surface area contributed by atoms with Gasteiger partial charge >= 0.3 is 0 Å². The third-order valence-corrected chi connectivity index (χ3v) is 5.55. The first-order valence-corrected chi connectivity index (χ1v) is 10.1. The highest BCUT2D eigenvalue weighted by molar-refractivity contribution is 9.10. The van der Waals surface area contributed by atoms with E-state index >= 15 is 0 Å². The van der Waals surface area contributed by atoms with Crippen molar-refractivity contribution < 1.29 is 9.18 Å². The van der Waals surface area contributed by atoms with Crippen molar-refractivity contribution in [2.75, 3.05) is 13.1 Å². The Labute approximate surface area is 166 Å². The van der Waals surface area contributed by atoms with E-state index in [0.717, 1.165) is 36.4 Å². The molecule has 142 valence electrons. The molecular weight excluding hydrogens is 411 g/mol. The second kappa shape index (κ2) is 7.94. The number of nitrogens with zero attached hydrogens (tertiary/aromatic N) is 3. The van der Waals surface area contributed by atoms with E-state index in [9.17, 15) is 9.18 Å². The molecule has 0 unspecified atom stereocenters. The zero-order chi connectivity index (χ0) is 18.8. The summed E-state index contributed by atoms with van der Waals surface area (Å²) in [4.78, 5) is 14.7. The number of hydrogen-bond acceptors (Lipinski definition) is 3. The number of carbonyl (C=O) groups excluding carboxylic acids is 1. The molecule has 27 heavy (non-hydrogen) atoms. The Morgan fingerprint density at radius 3 is 2.67 bits per heavy atom. The highest BCUT2D eigenvalue weighted by Gasteiger charge is 2.31. The number of hydrogen-bond donors (Lipinski definition) is 1. The SMILES string of the molecule is O=C(/C=C/c1ccc(-n2cc(Br)cn2)c(F)c1)NC1CCN(C2CC2)CC1. The molecule has 7 heteroatoms. The van der Waals surface area contributed by atoms with Crippen molar-refractivity contribution in [2.24, 2.45) is 0 Å². The predicted molar refractivity (Wildman–Crippen MR) is 106 cm³/mol. The van der Waals surface area contributed by atoms with E-state index in [-0.39, 0.29) is 17.8 Å². The van der Waals surface area contributed by atoms with Crippen LogP contribution in [-0.4, -0.2) is 45.8 Å². The Kier molecular flexibility index (Phi) is 5.41. The Bertz CT molecular complexity index is 853. The van der Waals surface area contributed by atoms with E-state index in [1.54, 1.807) is 30.6 Å². The lowest BCUT2D eigenvalue weighted by molar-refractivity contribution is -0.117. The molecule has 1 aliphatic carbocycles. The molecular formula is C20H22BrFN4O. The van der Waals surface area contributed by atoms with Crippen LogP contribution in [0.25, 0.3) is 11.8 Å². The summed E-state index contributed by atoms with van der Waals surface area (Å²) in [6, 6.07) is 5.85. The number of amides is 1. The highest BCUT2D eigenvalue weighted by atomic mass is 79.9. The Balaban J connectivity index is 1.32. The second-order valence-corrected chi connectivity index (χ2v) is 8.11. The lowest BCUT2D eigenvalue weighted by Crippen LogP contribution is -2.44. The first-order valence-electron chi connectivity index (χ1n) is 9.31. The van der Waals surface area contributed by atoms with Crippen LogP contribution in [0.1, 0.15) is 31.2 Å². The van der Waals surface area contributed by atoms with Crippen LogP contribution in [0.2, 0.25) is 0 Å². The zero-order valence-corrected chi connectivity index (χ0v) is 16.5. The molecule has 5 nitrogen and oxygen atoms in total. The number of nitrogens with one attached hydrogen (secondary N) is 1. The van der Waals surface area contributed by atoms with Crippen molar-refractivity contribution >= 4 is 27.9 Å². The summed E-state index contributed by atoms with van der Waals surface area (Å²) in [5.74, 6) is -0.513. The third kappa shape index (κ3) is 4.65. The van der Waals surface area contributed by atoms with Crippen LogP contribution in [0.3, 0.4) is 0 Å². The van der Waals surface area contributed by atoms with Gasteiger partial charge in [-0.3, -0.25) is 4.79 Å². The van der Waals surface area contributed by atoms with Gasteiger partial charge in [0.15, 0.2) is 0 Å². The van der Waals surface area contributed by atoms with Gasteiger partial charge in [0, 0.05) is 37.4 Å². The van der Waals surface area contributed by atoms with Crippen LogP contribution < -0.4 is 5.32 Å². The molecule has 1 aliphatic heterocycles. The molecule has 2 aliphatic rings. The number of piperidine rings is 1. The first kappa shape index (κ1) is 18.4. The standard InChI is InChI=1S/C20H22BrFN4O/c21-15-12-23-26(13-15)19-5-1-14(11-18(19)22)2-6-20(27)24-16-7-9-25(10-8-16)17-3-4-17/h1-2,5-6,11-13,16-17H,3-4,7-10H2,(H,24,27)/b6-2+. The fraction of sp³-hybridized carbons (Fsp3) is 0.400. The monoisotopic (exact) mass is 432 g/mol. The molecule has 4 rings (SSSR count). The maximum Gasteiger partial charge on any atom is 0.244 e. The molecule has 1 aromatic carbocycles. The maximum atomic E-state index is 14.3. The van der Waals surface area contributed by atoms with E-state index in [2.05, 4.69) is 31.2 Å². The van der Waals surface area contributed by atoms with Gasteiger partial charge in [-0.05, 0) is 65.4 Å². The van der Waals surface area contributed by atoms with Gasteiger partial charge in [0.2, 0.25) is 5.91 Å². The van der Waals surface area contributed by atoms with Gasteiger partial charge in [0.05, 0.1) is 10.7 Å². The summed E-state index contributed by atoms with van der Waals surface area (Å²) >= 11 is 3.30. The lowest BCUT2D eigenvalue weighted by atomic mass is 10.0. The summed E-state index contributed by atoms with van der Waals surface area (Å²) in [6.07, 6.45) is 11.1. The van der Waals surface area contributed by atoms with E-state index < -0.39 is 0 Å². The minimum Gasteiger partial charge on any atom is -0.350 e. The Hall–Kier alpha value is -1.99. The van der Waals surface area contributed by atoms with Crippen molar-refractivity contribution in [1.82, 2.24) is 20.0 Å². The molecule has 0 atom stereocenters. The molecule has 0 radical (unpaired) electrons. The quantitative estimate of drug-likeness (QED) is 0.735. The van der Waals surface area contributed by atoms with Crippen LogP contribution in [0, 0.1) is 5.82 Å². The molecule has 2 fully saturated rings. The average Bonchev–Trinajstić information content (AvgIpc) is 3.42. The van der Waals surface area contributed by atoms with Crippen LogP contribution in [0.5, 0.6) is 0 Å². The summed E-state index contributed by atoms with van der Waals surface area (Å²) in [6.45, 7) is 2.13. The number of carbonyl (C=O) groups is 1. The van der Waals surface area contributed by atoms with Gasteiger partial charge < -0.3 is 10.2 Å². The van der Waals surface area contributed by atoms with E-state index in [0.29, 0.717) is 11.3 Å². The molecule has 1 saturated heterocycles. The number of halogens is 2. The summed E-state index contributed by atoms with van der Waals surface area (Å²) < 4.78 is 16.6. The topological polar surface area (TPSA) is 50.2 Å². The van der Waals surface area contributed by atoms with Crippen LogP contribution in [-0.2, 0) is 4.79 Å². The summed E-state index contributed by atoms with van der Waals surface area (Å²) in [7, 11) is 0. The molecule has 1 N–H and O–H groups in total. The Morgan fingerprint density at radius 2 is 2.04 bits per heavy atom. The highest BCUT2D eigenvalue weighted by Crippen LogP contribution is 2.29. The molecule has 0 bridgehead atoms. The predicted octanol–water partition coefficient (Wildman–Crippen LogP) is 3.53. The molecule has 2 aromatic rings. The fourth-order valence-electron chi connectivity index (χ4n) is 3.52. The first-order chi connectivity index (χ1) is 13.1. The van der Waals surface area contributed by atoms with Crippen LogP contribution in [0.15, 0.2) is 41.1 Å². The van der Waals surface area contributed by atoms with E-state index in [1.807, 2.05) is 0 Å². The molecule has 2 heterocycles. The fourth-order valence-corrected chi connectivity index (χ4v) is 3.80. The third-order valence-electron chi connectivity index (χ3n) is 5.14. The molecule has 1 amide bonds. The van der Waals surface area contributed by atoms with Crippen LogP contribution >= 0.6 is 15.9 Å². The van der Waals surface area contributed by atoms with Gasteiger partial charge in [-0.1, -0.05) is 6.07 Å². The van der Waals surface area contributed by atoms with Crippen LogP contribution in [0.4, 0.5) is 4.39 Å². The minimum atomic E-state index is -0.388. The van der Waals surface area contributed by atoms with Gasteiger partial charge in [0.25, 0.3) is 0 Å². The number of benzene rings is 1. The normalized spacial score (nSPS) is 18.9. The molecule has 1 saturated carbocycles. The van der Waals surface area contributed by atoms with Crippen molar-refractivity contribution in [2.45, 2.75) is 37.8 Å². The number of aromatic nitrogens is 2. The lowest BCUT2D eigenvalue weighted by Gasteiger charge is -2.32. The van der Waals surface area contributed by atoms with Gasteiger partial charge in [-0.25, -0.2) is 9.07 Å². The largest absolute Gasteiger partial charge is 0.350 e. The van der Waals surface area contributed by atoms with Crippen molar-refractivity contribution in [3.8, 4) is 5.69 Å². The summed E-state index contributed by atoms with van der Waals surface area (Å²) in [5, 5.41) is 7.14. The smallest absolute Gasteiger partial charge is 0.244 e. The maximum absolute atomic E-state index is 14.3. The molecule has 0 spiro atoms. The number of rotatable bonds is 5. The van der Waals surface area contributed by atoms with Gasteiger partial charge in [-0.2, -0.15) is 5.10 Å². The van der Waals surface area contributed by atoms with E-state index in [1.165, 1.54) is 29.7 Å². The zero-order valence-electron chi connectivity index (χ0n) is 14.9. The average molecular weight is 433 g/mol. The second-order valence-electron chi connectivity index (χ2n) is 7.20. The van der Waals surface area contributed by atoms with Gasteiger partial charge in [-0.15, -0.1) is 0 Å². The van der Waals surface area contributed by atoms with Crippen molar-refractivity contribution in [3.05, 3.63) is 52.5 Å². The van der Waals surface area contributed by atoms with Crippen molar-refractivity contribution in [1.29, 1.82) is 0 Å². The number of likely N-dealkylation sites (tertiary alicyclic amines) is 1. The van der Waals surface area contributed by atoms with E-state index in [4.69, 9.17) is 0 Å². The molecule has 1 aromatic heterocycles. The van der Waals surface area contributed by atoms with Gasteiger partial charge in [0.1, 0.15) is 11.5 Å². The summed E-state index contributed by atoms with van der Waals surface area (Å²) in [5.41, 5.74) is 1.01. The minimum absolute atomic E-state index is 0.125.